The highest BCUT2D eigenvalue weighted by molar-refractivity contribution is 5.74. The van der Waals surface area contributed by atoms with Crippen LogP contribution in [0.25, 0.3) is 11.1 Å². The first-order valence-electron chi connectivity index (χ1n) is 3.65. The van der Waals surface area contributed by atoms with Crippen molar-refractivity contribution < 1.29 is 4.42 Å². The molecule has 0 saturated carbocycles. The van der Waals surface area contributed by atoms with Crippen molar-refractivity contribution in [2.24, 2.45) is 5.73 Å². The van der Waals surface area contributed by atoms with Gasteiger partial charge in [0.25, 0.3) is 0 Å². The van der Waals surface area contributed by atoms with Crippen molar-refractivity contribution in [2.45, 2.75) is 6.42 Å². The lowest BCUT2D eigenvalue weighted by atomic mass is 10.3. The van der Waals surface area contributed by atoms with E-state index < -0.39 is 0 Å². The van der Waals surface area contributed by atoms with E-state index in [9.17, 15) is 0 Å². The maximum Gasteiger partial charge on any atom is 0.151 e. The molecule has 0 fully saturated rings. The van der Waals surface area contributed by atoms with Crippen LogP contribution in [0.1, 0.15) is 5.69 Å². The Bertz CT molecular complexity index is 319. The number of nitrogens with one attached hydrogen (secondary N) is 1. The molecule has 0 saturated heterocycles. The fourth-order valence-corrected chi connectivity index (χ4v) is 1.19. The first-order valence-corrected chi connectivity index (χ1v) is 3.65. The Balaban J connectivity index is 2.42. The monoisotopic (exact) mass is 150 g/mol. The molecule has 0 atom stereocenters. The SMILES string of the molecule is NCCc1cc2occc2[nH]1. The van der Waals surface area contributed by atoms with Crippen LogP contribution in [0.5, 0.6) is 0 Å². The van der Waals surface area contributed by atoms with Gasteiger partial charge in [-0.15, -0.1) is 0 Å². The Morgan fingerprint density at radius 2 is 2.45 bits per heavy atom. The molecule has 3 N–H and O–H groups in total. The average Bonchev–Trinajstić information content (AvgIpc) is 2.46. The van der Waals surface area contributed by atoms with Gasteiger partial charge in [-0.1, -0.05) is 0 Å². The van der Waals surface area contributed by atoms with Crippen molar-refractivity contribution in [1.82, 2.24) is 4.98 Å². The molecule has 58 valence electrons. The van der Waals surface area contributed by atoms with Gasteiger partial charge in [0.2, 0.25) is 0 Å². The molecule has 0 amide bonds. The van der Waals surface area contributed by atoms with E-state index in [1.165, 1.54) is 0 Å². The van der Waals surface area contributed by atoms with E-state index in [0.29, 0.717) is 6.54 Å². The zero-order chi connectivity index (χ0) is 7.68. The van der Waals surface area contributed by atoms with Gasteiger partial charge in [-0.2, -0.15) is 0 Å². The van der Waals surface area contributed by atoms with Crippen LogP contribution in [0.15, 0.2) is 22.8 Å². The molecule has 3 nitrogen and oxygen atoms in total. The van der Waals surface area contributed by atoms with Crippen LogP contribution in [-0.4, -0.2) is 11.5 Å². The Morgan fingerprint density at radius 1 is 1.55 bits per heavy atom. The Kier molecular flexibility index (Phi) is 1.43. The minimum absolute atomic E-state index is 0.670. The molecule has 3 heteroatoms. The summed E-state index contributed by atoms with van der Waals surface area (Å²) < 4.78 is 5.17. The highest BCUT2D eigenvalue weighted by atomic mass is 16.3. The first-order chi connectivity index (χ1) is 5.40. The van der Waals surface area contributed by atoms with Crippen molar-refractivity contribution >= 4 is 11.1 Å². The second-order valence-corrected chi connectivity index (χ2v) is 2.53. The Hall–Kier alpha value is -1.22. The van der Waals surface area contributed by atoms with Gasteiger partial charge < -0.3 is 15.1 Å². The molecule has 0 aromatic carbocycles. The minimum Gasteiger partial charge on any atom is -0.463 e. The fourth-order valence-electron chi connectivity index (χ4n) is 1.19. The Morgan fingerprint density at radius 3 is 3.18 bits per heavy atom. The van der Waals surface area contributed by atoms with Crippen molar-refractivity contribution in [2.75, 3.05) is 6.54 Å². The van der Waals surface area contributed by atoms with Crippen LogP contribution in [0.2, 0.25) is 0 Å². The zero-order valence-corrected chi connectivity index (χ0v) is 6.13. The average molecular weight is 150 g/mol. The minimum atomic E-state index is 0.670. The van der Waals surface area contributed by atoms with Crippen LogP contribution >= 0.6 is 0 Å². The molecule has 0 aliphatic heterocycles. The molecule has 0 bridgehead atoms. The van der Waals surface area contributed by atoms with Gasteiger partial charge in [0.15, 0.2) is 5.58 Å². The predicted octanol–water partition coefficient (Wildman–Crippen LogP) is 1.26. The number of nitrogens with two attached hydrogens (primary N) is 1. The van der Waals surface area contributed by atoms with Crippen LogP contribution in [0.4, 0.5) is 0 Å². The summed E-state index contributed by atoms with van der Waals surface area (Å²) in [7, 11) is 0. The second-order valence-electron chi connectivity index (χ2n) is 2.53. The number of fused-ring (bicyclic) bond motifs is 1. The van der Waals surface area contributed by atoms with Gasteiger partial charge in [0, 0.05) is 17.8 Å². The quantitative estimate of drug-likeness (QED) is 0.677. The van der Waals surface area contributed by atoms with Gasteiger partial charge in [-0.25, -0.2) is 0 Å². The van der Waals surface area contributed by atoms with Crippen LogP contribution in [-0.2, 0) is 6.42 Å². The third kappa shape index (κ3) is 1.03. The van der Waals surface area contributed by atoms with Gasteiger partial charge in [0.1, 0.15) is 0 Å². The molecule has 2 aromatic rings. The summed E-state index contributed by atoms with van der Waals surface area (Å²) in [5, 5.41) is 0. The van der Waals surface area contributed by atoms with Crippen molar-refractivity contribution in [1.29, 1.82) is 0 Å². The lowest BCUT2D eigenvalue weighted by Crippen LogP contribution is -2.02. The number of aromatic amines is 1. The van der Waals surface area contributed by atoms with E-state index in [1.54, 1.807) is 6.26 Å². The van der Waals surface area contributed by atoms with Crippen molar-refractivity contribution in [3.05, 3.63) is 24.1 Å². The van der Waals surface area contributed by atoms with Crippen molar-refractivity contribution in [3.63, 3.8) is 0 Å². The highest BCUT2D eigenvalue weighted by Crippen LogP contribution is 2.15. The summed E-state index contributed by atoms with van der Waals surface area (Å²) in [5.41, 5.74) is 8.50. The van der Waals surface area contributed by atoms with E-state index >= 15 is 0 Å². The van der Waals surface area contributed by atoms with Gasteiger partial charge in [-0.3, -0.25) is 0 Å². The molecule has 0 spiro atoms. The van der Waals surface area contributed by atoms with E-state index in [1.807, 2.05) is 12.1 Å². The molecular weight excluding hydrogens is 140 g/mol. The van der Waals surface area contributed by atoms with Gasteiger partial charge in [-0.05, 0) is 13.0 Å². The third-order valence-electron chi connectivity index (χ3n) is 1.71. The fraction of sp³-hybridized carbons (Fsp3) is 0.250. The molecule has 0 unspecified atom stereocenters. The Labute approximate surface area is 64.2 Å². The smallest absolute Gasteiger partial charge is 0.151 e. The molecule has 11 heavy (non-hydrogen) atoms. The second kappa shape index (κ2) is 2.43. The van der Waals surface area contributed by atoms with Gasteiger partial charge in [0.05, 0.1) is 11.8 Å². The maximum atomic E-state index is 5.40. The summed E-state index contributed by atoms with van der Waals surface area (Å²) in [4.78, 5) is 3.20. The summed E-state index contributed by atoms with van der Waals surface area (Å²) in [6.07, 6.45) is 2.55. The number of hydrogen-bond acceptors (Lipinski definition) is 2. The summed E-state index contributed by atoms with van der Waals surface area (Å²) in [6.45, 7) is 0.670. The molecule has 0 aliphatic carbocycles. The van der Waals surface area contributed by atoms with E-state index in [2.05, 4.69) is 4.98 Å². The van der Waals surface area contributed by atoms with E-state index in [4.69, 9.17) is 10.2 Å². The highest BCUT2D eigenvalue weighted by Gasteiger charge is 2.00. The van der Waals surface area contributed by atoms with Crippen LogP contribution in [0.3, 0.4) is 0 Å². The molecule has 2 rings (SSSR count). The largest absolute Gasteiger partial charge is 0.463 e. The van der Waals surface area contributed by atoms with Gasteiger partial charge >= 0.3 is 0 Å². The topological polar surface area (TPSA) is 54.9 Å². The maximum absolute atomic E-state index is 5.40. The number of furan rings is 1. The standard InChI is InChI=1S/C8H10N2O/c9-3-1-6-5-8-7(10-6)2-4-11-8/h2,4-5,10H,1,3,9H2. The third-order valence-corrected chi connectivity index (χ3v) is 1.71. The van der Waals surface area contributed by atoms with Crippen LogP contribution < -0.4 is 5.73 Å². The molecular formula is C8H10N2O. The first kappa shape index (κ1) is 6.49. The van der Waals surface area contributed by atoms with Crippen LogP contribution in [0, 0.1) is 0 Å². The van der Waals surface area contributed by atoms with E-state index in [0.717, 1.165) is 23.2 Å². The van der Waals surface area contributed by atoms with Crippen molar-refractivity contribution in [3.8, 4) is 0 Å². The molecule has 0 radical (unpaired) electrons. The lowest BCUT2D eigenvalue weighted by molar-refractivity contribution is 0.616. The lowest BCUT2D eigenvalue weighted by Gasteiger charge is -1.88. The number of aromatic nitrogens is 1. The molecule has 0 aliphatic rings. The van der Waals surface area contributed by atoms with E-state index in [-0.39, 0.29) is 0 Å². The molecule has 2 aromatic heterocycles. The number of hydrogen-bond donors (Lipinski definition) is 2. The number of H-pyrrole nitrogens is 1. The summed E-state index contributed by atoms with van der Waals surface area (Å²) in [6, 6.07) is 3.90. The predicted molar refractivity (Wildman–Crippen MR) is 43.3 cm³/mol. The summed E-state index contributed by atoms with van der Waals surface area (Å²) >= 11 is 0. The normalized spacial score (nSPS) is 11.0. The summed E-state index contributed by atoms with van der Waals surface area (Å²) in [5.74, 6) is 0. The number of rotatable bonds is 2. The molecule has 2 heterocycles. The zero-order valence-electron chi connectivity index (χ0n) is 6.13.